The SMILES string of the molecule is O=C(COc1ccc(Cl)cc1Cl)Nc1nc(COc2ccc3ccccc3c2)cs1. The maximum Gasteiger partial charge on any atom is 0.264 e. The molecule has 0 radical (unpaired) electrons. The predicted octanol–water partition coefficient (Wildman–Crippen LogP) is 6.20. The molecule has 1 heterocycles. The molecular weight excluding hydrogens is 443 g/mol. The van der Waals surface area contributed by atoms with Crippen LogP contribution in [-0.2, 0) is 11.4 Å². The number of carbonyl (C=O) groups is 1. The van der Waals surface area contributed by atoms with Crippen LogP contribution >= 0.6 is 34.5 Å². The molecule has 0 saturated carbocycles. The highest BCUT2D eigenvalue weighted by Crippen LogP contribution is 2.27. The lowest BCUT2D eigenvalue weighted by Crippen LogP contribution is -2.20. The van der Waals surface area contributed by atoms with E-state index in [9.17, 15) is 4.79 Å². The van der Waals surface area contributed by atoms with Crippen LogP contribution in [-0.4, -0.2) is 17.5 Å². The zero-order chi connectivity index (χ0) is 20.9. The lowest BCUT2D eigenvalue weighted by molar-refractivity contribution is -0.118. The smallest absolute Gasteiger partial charge is 0.264 e. The van der Waals surface area contributed by atoms with Crippen molar-refractivity contribution in [3.05, 3.63) is 81.8 Å². The van der Waals surface area contributed by atoms with Crippen molar-refractivity contribution in [2.75, 3.05) is 11.9 Å². The Bertz CT molecular complexity index is 1200. The standard InChI is InChI=1S/C22H16Cl2N2O3S/c23-16-6-8-20(19(24)10-16)29-12-21(27)26-22-25-17(13-30-22)11-28-18-7-5-14-3-1-2-4-15(14)9-18/h1-10,13H,11-12H2,(H,25,26,27). The summed E-state index contributed by atoms with van der Waals surface area (Å²) in [5.74, 6) is 0.817. The number of ether oxygens (including phenoxy) is 2. The zero-order valence-electron chi connectivity index (χ0n) is 15.6. The minimum absolute atomic E-state index is 0.191. The number of thiazole rings is 1. The van der Waals surface area contributed by atoms with E-state index >= 15 is 0 Å². The minimum atomic E-state index is -0.336. The van der Waals surface area contributed by atoms with Gasteiger partial charge in [-0.15, -0.1) is 11.3 Å². The number of carbonyl (C=O) groups excluding carboxylic acids is 1. The summed E-state index contributed by atoms with van der Waals surface area (Å²) in [5, 5.41) is 8.13. The molecule has 0 atom stereocenters. The Labute approximate surface area is 187 Å². The Hall–Kier alpha value is -2.80. The molecule has 1 N–H and O–H groups in total. The molecular formula is C22H16Cl2N2O3S. The molecule has 1 amide bonds. The van der Waals surface area contributed by atoms with E-state index in [1.165, 1.54) is 11.3 Å². The molecule has 0 unspecified atom stereocenters. The van der Waals surface area contributed by atoms with Gasteiger partial charge in [-0.05, 0) is 41.1 Å². The number of amides is 1. The van der Waals surface area contributed by atoms with Crippen molar-refractivity contribution >= 4 is 56.3 Å². The summed E-state index contributed by atoms with van der Waals surface area (Å²) < 4.78 is 11.3. The molecule has 5 nitrogen and oxygen atoms in total. The van der Waals surface area contributed by atoms with Crippen molar-refractivity contribution in [1.29, 1.82) is 0 Å². The van der Waals surface area contributed by atoms with Crippen LogP contribution in [0, 0.1) is 0 Å². The van der Waals surface area contributed by atoms with E-state index < -0.39 is 0 Å². The molecule has 0 fully saturated rings. The van der Waals surface area contributed by atoms with E-state index in [4.69, 9.17) is 32.7 Å². The zero-order valence-corrected chi connectivity index (χ0v) is 17.9. The van der Waals surface area contributed by atoms with Gasteiger partial charge in [0.05, 0.1) is 10.7 Å². The third-order valence-electron chi connectivity index (χ3n) is 4.16. The van der Waals surface area contributed by atoms with Gasteiger partial charge in [-0.1, -0.05) is 53.5 Å². The maximum atomic E-state index is 12.1. The van der Waals surface area contributed by atoms with Gasteiger partial charge < -0.3 is 9.47 Å². The first-order valence-corrected chi connectivity index (χ1v) is 10.6. The highest BCUT2D eigenvalue weighted by Gasteiger charge is 2.10. The average Bonchev–Trinajstić information content (AvgIpc) is 3.18. The summed E-state index contributed by atoms with van der Waals surface area (Å²) in [6.45, 7) is 0.117. The average molecular weight is 459 g/mol. The van der Waals surface area contributed by atoms with Gasteiger partial charge in [0.1, 0.15) is 18.1 Å². The highest BCUT2D eigenvalue weighted by atomic mass is 35.5. The van der Waals surface area contributed by atoms with Crippen LogP contribution in [0.15, 0.2) is 66.0 Å². The van der Waals surface area contributed by atoms with Crippen LogP contribution in [0.4, 0.5) is 5.13 Å². The van der Waals surface area contributed by atoms with E-state index in [0.717, 1.165) is 22.2 Å². The van der Waals surface area contributed by atoms with Gasteiger partial charge in [0.25, 0.3) is 5.91 Å². The highest BCUT2D eigenvalue weighted by molar-refractivity contribution is 7.13. The largest absolute Gasteiger partial charge is 0.487 e. The number of benzene rings is 3. The fourth-order valence-corrected chi connectivity index (χ4v) is 3.91. The second-order valence-corrected chi connectivity index (χ2v) is 8.05. The van der Waals surface area contributed by atoms with E-state index in [1.807, 2.05) is 41.8 Å². The monoisotopic (exact) mass is 458 g/mol. The van der Waals surface area contributed by atoms with Crippen LogP contribution in [0.5, 0.6) is 11.5 Å². The number of nitrogens with zero attached hydrogens (tertiary/aromatic N) is 1. The van der Waals surface area contributed by atoms with Crippen molar-refractivity contribution in [3.63, 3.8) is 0 Å². The summed E-state index contributed by atoms with van der Waals surface area (Å²) in [6.07, 6.45) is 0. The Morgan fingerprint density at radius 3 is 2.67 bits per heavy atom. The molecule has 0 aliphatic rings. The van der Waals surface area contributed by atoms with Crippen molar-refractivity contribution in [2.45, 2.75) is 6.61 Å². The van der Waals surface area contributed by atoms with Crippen molar-refractivity contribution in [2.24, 2.45) is 0 Å². The van der Waals surface area contributed by atoms with Gasteiger partial charge in [-0.2, -0.15) is 0 Å². The molecule has 1 aromatic heterocycles. The topological polar surface area (TPSA) is 60.5 Å². The number of rotatable bonds is 7. The van der Waals surface area contributed by atoms with E-state index in [2.05, 4.69) is 16.4 Å². The first-order valence-electron chi connectivity index (χ1n) is 9.00. The number of fused-ring (bicyclic) bond motifs is 1. The molecule has 152 valence electrons. The quantitative estimate of drug-likeness (QED) is 0.358. The molecule has 4 aromatic rings. The first kappa shape index (κ1) is 20.5. The van der Waals surface area contributed by atoms with E-state index in [-0.39, 0.29) is 12.5 Å². The fraction of sp³-hybridized carbons (Fsp3) is 0.0909. The first-order chi connectivity index (χ1) is 14.6. The van der Waals surface area contributed by atoms with Crippen LogP contribution in [0.25, 0.3) is 10.8 Å². The number of hydrogen-bond donors (Lipinski definition) is 1. The molecule has 3 aromatic carbocycles. The summed E-state index contributed by atoms with van der Waals surface area (Å²) in [5.41, 5.74) is 0.727. The van der Waals surface area contributed by atoms with Gasteiger partial charge >= 0.3 is 0 Å². The summed E-state index contributed by atoms with van der Waals surface area (Å²) in [4.78, 5) is 16.5. The number of nitrogens with one attached hydrogen (secondary N) is 1. The third kappa shape index (κ3) is 5.21. The minimum Gasteiger partial charge on any atom is -0.487 e. The van der Waals surface area contributed by atoms with Crippen molar-refractivity contribution < 1.29 is 14.3 Å². The number of halogens is 2. The number of anilines is 1. The summed E-state index contributed by atoms with van der Waals surface area (Å²) >= 11 is 13.2. The molecule has 0 spiro atoms. The van der Waals surface area contributed by atoms with Crippen molar-refractivity contribution in [1.82, 2.24) is 4.98 Å². The number of aromatic nitrogens is 1. The number of hydrogen-bond acceptors (Lipinski definition) is 5. The summed E-state index contributed by atoms with van der Waals surface area (Å²) in [7, 11) is 0. The molecule has 0 aliphatic carbocycles. The van der Waals surface area contributed by atoms with Crippen molar-refractivity contribution in [3.8, 4) is 11.5 Å². The Morgan fingerprint density at radius 1 is 1.00 bits per heavy atom. The maximum absolute atomic E-state index is 12.1. The van der Waals surface area contributed by atoms with Gasteiger partial charge in [0.2, 0.25) is 0 Å². The van der Waals surface area contributed by atoms with Gasteiger partial charge in [-0.3, -0.25) is 10.1 Å². The molecule has 8 heteroatoms. The lowest BCUT2D eigenvalue weighted by atomic mass is 10.1. The third-order valence-corrected chi connectivity index (χ3v) is 5.50. The Balaban J connectivity index is 1.29. The lowest BCUT2D eigenvalue weighted by Gasteiger charge is -2.07. The Morgan fingerprint density at radius 2 is 1.83 bits per heavy atom. The van der Waals surface area contributed by atoms with Gasteiger partial charge in [0.15, 0.2) is 11.7 Å². The Kier molecular flexibility index (Phi) is 6.38. The van der Waals surface area contributed by atoms with Crippen LogP contribution in [0.2, 0.25) is 10.0 Å². The molecule has 0 saturated heterocycles. The van der Waals surface area contributed by atoms with Gasteiger partial charge in [-0.25, -0.2) is 4.98 Å². The van der Waals surface area contributed by atoms with Crippen LogP contribution < -0.4 is 14.8 Å². The second-order valence-electron chi connectivity index (χ2n) is 6.35. The predicted molar refractivity (Wildman–Crippen MR) is 121 cm³/mol. The van der Waals surface area contributed by atoms with Gasteiger partial charge in [0, 0.05) is 10.4 Å². The fourth-order valence-electron chi connectivity index (χ4n) is 2.74. The molecule has 0 aliphatic heterocycles. The summed E-state index contributed by atoms with van der Waals surface area (Å²) in [6, 6.07) is 18.8. The molecule has 30 heavy (non-hydrogen) atoms. The normalized spacial score (nSPS) is 10.7. The molecule has 4 rings (SSSR count). The van der Waals surface area contributed by atoms with E-state index in [1.54, 1.807) is 18.2 Å². The molecule has 0 bridgehead atoms. The van der Waals surface area contributed by atoms with Crippen LogP contribution in [0.3, 0.4) is 0 Å². The second kappa shape index (κ2) is 9.34. The van der Waals surface area contributed by atoms with E-state index in [0.29, 0.717) is 27.5 Å². The van der Waals surface area contributed by atoms with Crippen LogP contribution in [0.1, 0.15) is 5.69 Å².